The van der Waals surface area contributed by atoms with Crippen LogP contribution in [0.1, 0.15) is 32.3 Å². The molecule has 0 saturated heterocycles. The van der Waals surface area contributed by atoms with E-state index in [1.165, 1.54) is 0 Å². The summed E-state index contributed by atoms with van der Waals surface area (Å²) in [7, 11) is 0. The fourth-order valence-electron chi connectivity index (χ4n) is 2.01. The summed E-state index contributed by atoms with van der Waals surface area (Å²) in [6.45, 7) is 3.96. The molecule has 0 spiro atoms. The Morgan fingerprint density at radius 2 is 1.84 bits per heavy atom. The van der Waals surface area contributed by atoms with Gasteiger partial charge in [0.25, 0.3) is 0 Å². The van der Waals surface area contributed by atoms with E-state index in [2.05, 4.69) is 15.9 Å². The van der Waals surface area contributed by atoms with Gasteiger partial charge in [0.2, 0.25) is 5.91 Å². The van der Waals surface area contributed by atoms with E-state index in [0.29, 0.717) is 6.42 Å². The minimum absolute atomic E-state index is 0.0615. The molecule has 1 amide bonds. The number of carbonyl (C=O) groups excluding carboxylic acids is 2. The van der Waals surface area contributed by atoms with Gasteiger partial charge >= 0.3 is 0 Å². The summed E-state index contributed by atoms with van der Waals surface area (Å²) in [5.74, 6) is -0.524. The van der Waals surface area contributed by atoms with E-state index in [4.69, 9.17) is 5.73 Å². The molecule has 0 bridgehead atoms. The lowest BCUT2D eigenvalue weighted by molar-refractivity contribution is -0.128. The van der Waals surface area contributed by atoms with Crippen LogP contribution in [0.25, 0.3) is 0 Å². The van der Waals surface area contributed by atoms with Crippen molar-refractivity contribution in [3.8, 4) is 0 Å². The first-order chi connectivity index (χ1) is 8.93. The Morgan fingerprint density at radius 3 is 2.32 bits per heavy atom. The standard InChI is InChI=1S/C15H20BrNO2/c1-3-10(2)14(15(17)19)9-13(18)8-11-4-6-12(16)7-5-11/h4-7,10,14H,3,8-9H2,1-2H3,(H2,17,19)/t10-,14-/m0/s1. The van der Waals surface area contributed by atoms with Crippen LogP contribution >= 0.6 is 15.9 Å². The molecule has 0 aliphatic carbocycles. The third-order valence-electron chi connectivity index (χ3n) is 3.46. The minimum atomic E-state index is -0.376. The number of primary amides is 1. The van der Waals surface area contributed by atoms with Gasteiger partial charge < -0.3 is 5.73 Å². The highest BCUT2D eigenvalue weighted by Crippen LogP contribution is 2.20. The summed E-state index contributed by atoms with van der Waals surface area (Å²) in [5, 5.41) is 0. The number of hydrogen-bond acceptors (Lipinski definition) is 2. The molecular weight excluding hydrogens is 306 g/mol. The van der Waals surface area contributed by atoms with E-state index < -0.39 is 0 Å². The van der Waals surface area contributed by atoms with Crippen LogP contribution in [-0.4, -0.2) is 11.7 Å². The van der Waals surface area contributed by atoms with E-state index in [1.54, 1.807) is 0 Å². The molecule has 19 heavy (non-hydrogen) atoms. The molecule has 0 saturated carbocycles. The zero-order valence-corrected chi connectivity index (χ0v) is 12.9. The summed E-state index contributed by atoms with van der Waals surface area (Å²) in [5.41, 5.74) is 6.34. The van der Waals surface area contributed by atoms with Gasteiger partial charge in [0, 0.05) is 23.2 Å². The lowest BCUT2D eigenvalue weighted by atomic mass is 9.86. The number of amides is 1. The van der Waals surface area contributed by atoms with Crippen molar-refractivity contribution < 1.29 is 9.59 Å². The molecule has 1 aromatic carbocycles. The average molecular weight is 326 g/mol. The van der Waals surface area contributed by atoms with Crippen molar-refractivity contribution in [2.24, 2.45) is 17.6 Å². The van der Waals surface area contributed by atoms with Crippen molar-refractivity contribution in [3.63, 3.8) is 0 Å². The number of benzene rings is 1. The third kappa shape index (κ3) is 5.15. The van der Waals surface area contributed by atoms with E-state index in [0.717, 1.165) is 16.5 Å². The minimum Gasteiger partial charge on any atom is -0.369 e. The molecule has 1 aromatic rings. The van der Waals surface area contributed by atoms with E-state index in [-0.39, 0.29) is 29.9 Å². The second-order valence-corrected chi connectivity index (χ2v) is 5.86. The Kier molecular flexibility index (Phi) is 6.22. The van der Waals surface area contributed by atoms with Crippen molar-refractivity contribution in [2.45, 2.75) is 33.1 Å². The number of nitrogens with two attached hydrogens (primary N) is 1. The second-order valence-electron chi connectivity index (χ2n) is 4.94. The van der Waals surface area contributed by atoms with Gasteiger partial charge in [-0.3, -0.25) is 9.59 Å². The van der Waals surface area contributed by atoms with Gasteiger partial charge in [-0.1, -0.05) is 48.3 Å². The molecule has 3 nitrogen and oxygen atoms in total. The van der Waals surface area contributed by atoms with Crippen LogP contribution in [-0.2, 0) is 16.0 Å². The van der Waals surface area contributed by atoms with Crippen LogP contribution in [0.4, 0.5) is 0 Å². The Hall–Kier alpha value is -1.16. The van der Waals surface area contributed by atoms with E-state index in [9.17, 15) is 9.59 Å². The van der Waals surface area contributed by atoms with Crippen LogP contribution in [0.5, 0.6) is 0 Å². The fraction of sp³-hybridized carbons (Fsp3) is 0.467. The van der Waals surface area contributed by atoms with Gasteiger partial charge in [0.15, 0.2) is 0 Å². The molecule has 0 aliphatic heterocycles. The predicted molar refractivity (Wildman–Crippen MR) is 79.6 cm³/mol. The van der Waals surface area contributed by atoms with Gasteiger partial charge in [-0.25, -0.2) is 0 Å². The molecule has 0 aromatic heterocycles. The van der Waals surface area contributed by atoms with Crippen LogP contribution < -0.4 is 5.73 Å². The maximum atomic E-state index is 12.0. The molecule has 0 aliphatic rings. The number of carbonyl (C=O) groups is 2. The number of ketones is 1. The van der Waals surface area contributed by atoms with Crippen molar-refractivity contribution in [2.75, 3.05) is 0 Å². The highest BCUT2D eigenvalue weighted by molar-refractivity contribution is 9.10. The summed E-state index contributed by atoms with van der Waals surface area (Å²) in [4.78, 5) is 23.4. The lowest BCUT2D eigenvalue weighted by Crippen LogP contribution is -2.31. The number of halogens is 1. The fourth-order valence-corrected chi connectivity index (χ4v) is 2.28. The quantitative estimate of drug-likeness (QED) is 0.837. The lowest BCUT2D eigenvalue weighted by Gasteiger charge is -2.18. The zero-order chi connectivity index (χ0) is 14.4. The molecular formula is C15H20BrNO2. The largest absolute Gasteiger partial charge is 0.369 e. The maximum absolute atomic E-state index is 12.0. The maximum Gasteiger partial charge on any atom is 0.221 e. The van der Waals surface area contributed by atoms with Crippen molar-refractivity contribution in [1.82, 2.24) is 0 Å². The summed E-state index contributed by atoms with van der Waals surface area (Å²) >= 11 is 3.35. The zero-order valence-electron chi connectivity index (χ0n) is 11.4. The Balaban J connectivity index is 2.62. The number of hydrogen-bond donors (Lipinski definition) is 1. The topological polar surface area (TPSA) is 60.2 Å². The van der Waals surface area contributed by atoms with Crippen molar-refractivity contribution >= 4 is 27.6 Å². The Labute approximate surface area is 122 Å². The number of Topliss-reactive ketones (excluding diaryl/α,β-unsaturated/α-hetero) is 1. The molecule has 2 N–H and O–H groups in total. The normalized spacial score (nSPS) is 13.8. The molecule has 104 valence electrons. The Morgan fingerprint density at radius 1 is 1.26 bits per heavy atom. The summed E-state index contributed by atoms with van der Waals surface area (Å²) in [6, 6.07) is 7.63. The first-order valence-corrected chi connectivity index (χ1v) is 7.28. The molecule has 0 unspecified atom stereocenters. The van der Waals surface area contributed by atoms with Gasteiger partial charge in [-0.15, -0.1) is 0 Å². The predicted octanol–water partition coefficient (Wildman–Crippen LogP) is 3.10. The molecule has 0 fully saturated rings. The van der Waals surface area contributed by atoms with Crippen molar-refractivity contribution in [1.29, 1.82) is 0 Å². The second kappa shape index (κ2) is 7.43. The molecule has 0 radical (unpaired) electrons. The van der Waals surface area contributed by atoms with Gasteiger partial charge in [-0.05, 0) is 23.6 Å². The molecule has 1 rings (SSSR count). The van der Waals surface area contributed by atoms with E-state index in [1.807, 2.05) is 38.1 Å². The van der Waals surface area contributed by atoms with Crippen LogP contribution in [0.2, 0.25) is 0 Å². The highest BCUT2D eigenvalue weighted by Gasteiger charge is 2.24. The smallest absolute Gasteiger partial charge is 0.221 e. The van der Waals surface area contributed by atoms with Gasteiger partial charge in [0.1, 0.15) is 5.78 Å². The first-order valence-electron chi connectivity index (χ1n) is 6.49. The monoisotopic (exact) mass is 325 g/mol. The summed E-state index contributed by atoms with van der Waals surface area (Å²) < 4.78 is 0.985. The molecule has 4 heteroatoms. The van der Waals surface area contributed by atoms with Crippen molar-refractivity contribution in [3.05, 3.63) is 34.3 Å². The van der Waals surface area contributed by atoms with E-state index >= 15 is 0 Å². The van der Waals surface area contributed by atoms with Crippen LogP contribution in [0.3, 0.4) is 0 Å². The van der Waals surface area contributed by atoms with Crippen LogP contribution in [0.15, 0.2) is 28.7 Å². The highest BCUT2D eigenvalue weighted by atomic mass is 79.9. The Bertz CT molecular complexity index is 442. The molecule has 0 heterocycles. The first kappa shape index (κ1) is 15.9. The number of rotatable bonds is 7. The van der Waals surface area contributed by atoms with Gasteiger partial charge in [0.05, 0.1) is 0 Å². The van der Waals surface area contributed by atoms with Gasteiger partial charge in [-0.2, -0.15) is 0 Å². The molecule has 2 atom stereocenters. The third-order valence-corrected chi connectivity index (χ3v) is 3.99. The summed E-state index contributed by atoms with van der Waals surface area (Å²) in [6.07, 6.45) is 1.44. The van der Waals surface area contributed by atoms with Crippen LogP contribution in [0, 0.1) is 11.8 Å². The average Bonchev–Trinajstić information content (AvgIpc) is 2.37. The SMILES string of the molecule is CC[C@H](C)[C@H](CC(=O)Cc1ccc(Br)cc1)C(N)=O.